The summed E-state index contributed by atoms with van der Waals surface area (Å²) in [6.07, 6.45) is 1.27. The van der Waals surface area contributed by atoms with Crippen LogP contribution >= 0.6 is 22.7 Å². The fraction of sp³-hybridized carbons (Fsp3) is 0.174. The number of amides is 1. The molecule has 7 nitrogen and oxygen atoms in total. The highest BCUT2D eigenvalue weighted by molar-refractivity contribution is 7.23. The zero-order chi connectivity index (χ0) is 22.2. The molecule has 0 radical (unpaired) electrons. The van der Waals surface area contributed by atoms with Gasteiger partial charge in [-0.15, -0.1) is 11.3 Å². The summed E-state index contributed by atoms with van der Waals surface area (Å²) in [5.74, 6) is 0.538. The second-order valence-corrected chi connectivity index (χ2v) is 9.61. The summed E-state index contributed by atoms with van der Waals surface area (Å²) < 4.78 is 0. The first-order valence-corrected chi connectivity index (χ1v) is 11.9. The number of hydrogen-bond acceptors (Lipinski definition) is 8. The number of aromatic nitrogens is 2. The lowest BCUT2D eigenvalue weighted by Crippen LogP contribution is -2.18. The predicted octanol–water partition coefficient (Wildman–Crippen LogP) is 5.21. The van der Waals surface area contributed by atoms with Crippen LogP contribution in [0.3, 0.4) is 0 Å². The van der Waals surface area contributed by atoms with Gasteiger partial charge in [0, 0.05) is 48.5 Å². The second-order valence-electron chi connectivity index (χ2n) is 7.76. The molecule has 5 rings (SSSR count). The van der Waals surface area contributed by atoms with Crippen LogP contribution in [0.5, 0.6) is 0 Å². The van der Waals surface area contributed by atoms with E-state index in [4.69, 9.17) is 10.7 Å². The molecular weight excluding hydrogens is 440 g/mol. The van der Waals surface area contributed by atoms with Gasteiger partial charge in [-0.25, -0.2) is 9.97 Å². The molecule has 0 aliphatic carbocycles. The Labute approximate surface area is 194 Å². The van der Waals surface area contributed by atoms with E-state index in [2.05, 4.69) is 38.7 Å². The van der Waals surface area contributed by atoms with Crippen LogP contribution in [-0.2, 0) is 11.2 Å². The van der Waals surface area contributed by atoms with Gasteiger partial charge in [-0.2, -0.15) is 0 Å². The van der Waals surface area contributed by atoms with E-state index in [1.54, 1.807) is 11.3 Å². The topological polar surface area (TPSA) is 96.2 Å². The van der Waals surface area contributed by atoms with Crippen LogP contribution < -0.4 is 21.3 Å². The van der Waals surface area contributed by atoms with Gasteiger partial charge in [0.15, 0.2) is 5.13 Å². The number of hydrogen-bond donors (Lipinski definition) is 3. The summed E-state index contributed by atoms with van der Waals surface area (Å²) in [6.45, 7) is 0. The normalized spacial score (nSPS) is 12.9. The lowest BCUT2D eigenvalue weighted by atomic mass is 9.99. The number of benzene rings is 2. The van der Waals surface area contributed by atoms with E-state index in [1.165, 1.54) is 11.3 Å². The summed E-state index contributed by atoms with van der Waals surface area (Å²) in [7, 11) is 4.03. The van der Waals surface area contributed by atoms with Crippen molar-refractivity contribution in [3.63, 3.8) is 0 Å². The Morgan fingerprint density at radius 3 is 2.69 bits per heavy atom. The molecule has 1 aliphatic heterocycles. The number of fused-ring (bicyclic) bond motifs is 1. The zero-order valence-electron chi connectivity index (χ0n) is 17.7. The van der Waals surface area contributed by atoms with Crippen LogP contribution in [0.1, 0.15) is 12.0 Å². The molecule has 32 heavy (non-hydrogen) atoms. The van der Waals surface area contributed by atoms with Gasteiger partial charge in [-0.05, 0) is 48.4 Å². The molecule has 4 N–H and O–H groups in total. The van der Waals surface area contributed by atoms with Crippen molar-refractivity contribution in [2.24, 2.45) is 0 Å². The molecule has 3 heterocycles. The third-order valence-electron chi connectivity index (χ3n) is 5.28. The summed E-state index contributed by atoms with van der Waals surface area (Å²) in [4.78, 5) is 23.8. The number of nitrogens with two attached hydrogens (primary N) is 1. The van der Waals surface area contributed by atoms with Crippen LogP contribution in [0.4, 0.5) is 28.0 Å². The molecule has 4 aromatic rings. The van der Waals surface area contributed by atoms with Crippen molar-refractivity contribution in [2.45, 2.75) is 12.8 Å². The lowest BCUT2D eigenvalue weighted by Gasteiger charge is -2.17. The molecule has 0 bridgehead atoms. The van der Waals surface area contributed by atoms with Gasteiger partial charge in [-0.3, -0.25) is 4.79 Å². The van der Waals surface area contributed by atoms with E-state index in [9.17, 15) is 4.79 Å². The van der Waals surface area contributed by atoms with E-state index in [-0.39, 0.29) is 5.91 Å². The van der Waals surface area contributed by atoms with Crippen molar-refractivity contribution < 1.29 is 4.79 Å². The van der Waals surface area contributed by atoms with E-state index in [0.717, 1.165) is 55.3 Å². The zero-order valence-corrected chi connectivity index (χ0v) is 19.3. The molecule has 0 fully saturated rings. The molecule has 0 spiro atoms. The maximum Gasteiger partial charge on any atom is 0.224 e. The van der Waals surface area contributed by atoms with Crippen LogP contribution in [0.15, 0.2) is 47.8 Å². The van der Waals surface area contributed by atoms with E-state index >= 15 is 0 Å². The second kappa shape index (κ2) is 8.25. The summed E-state index contributed by atoms with van der Waals surface area (Å²) in [5.41, 5.74) is 12.3. The van der Waals surface area contributed by atoms with Crippen molar-refractivity contribution in [1.29, 1.82) is 0 Å². The van der Waals surface area contributed by atoms with Gasteiger partial charge in [0.2, 0.25) is 5.91 Å². The highest BCUT2D eigenvalue weighted by Gasteiger charge is 2.18. The minimum Gasteiger partial charge on any atom is -0.382 e. The summed E-state index contributed by atoms with van der Waals surface area (Å²) >= 11 is 3.04. The van der Waals surface area contributed by atoms with Crippen LogP contribution in [0.25, 0.3) is 21.1 Å². The Hall–Kier alpha value is -3.43. The molecule has 1 aliphatic rings. The highest BCUT2D eigenvalue weighted by Crippen LogP contribution is 2.39. The van der Waals surface area contributed by atoms with Gasteiger partial charge >= 0.3 is 0 Å². The third kappa shape index (κ3) is 4.04. The molecule has 2 aromatic heterocycles. The van der Waals surface area contributed by atoms with Crippen LogP contribution in [-0.4, -0.2) is 30.0 Å². The number of nitrogens with zero attached hydrogens (tertiary/aromatic N) is 3. The first kappa shape index (κ1) is 20.5. The Morgan fingerprint density at radius 2 is 1.91 bits per heavy atom. The van der Waals surface area contributed by atoms with Crippen LogP contribution in [0.2, 0.25) is 0 Å². The fourth-order valence-electron chi connectivity index (χ4n) is 3.56. The SMILES string of the molecule is CN(C)c1ccc(Nc2nc(N)c(-c3nc(-c4ccc5c(c4)CCC(=O)N5)cs3)s2)cc1. The number of rotatable bonds is 5. The highest BCUT2D eigenvalue weighted by atomic mass is 32.1. The molecular formula is C23H22N6OS2. The molecule has 162 valence electrons. The standard InChI is InChI=1S/C23H22N6OS2/c1-29(2)16-7-5-15(6-8-16)25-23-28-21(24)20(32-23)22-27-18(12-31-22)14-3-9-17-13(11-14)4-10-19(30)26-17/h3,5-9,11-12H,4,10,24H2,1-2H3,(H,25,28)(H,26,30). The number of nitrogens with one attached hydrogen (secondary N) is 2. The predicted molar refractivity (Wildman–Crippen MR) is 134 cm³/mol. The fourth-order valence-corrected chi connectivity index (χ4v) is 5.39. The molecule has 0 saturated heterocycles. The number of carbonyl (C=O) groups excluding carboxylic acids is 1. The van der Waals surface area contributed by atoms with Crippen molar-refractivity contribution in [1.82, 2.24) is 9.97 Å². The van der Waals surface area contributed by atoms with E-state index in [0.29, 0.717) is 12.2 Å². The first-order chi connectivity index (χ1) is 15.5. The number of nitrogen functional groups attached to an aromatic ring is 1. The Bertz CT molecular complexity index is 1290. The van der Waals surface area contributed by atoms with Gasteiger partial charge < -0.3 is 21.3 Å². The lowest BCUT2D eigenvalue weighted by molar-refractivity contribution is -0.116. The summed E-state index contributed by atoms with van der Waals surface area (Å²) in [6, 6.07) is 14.2. The number of anilines is 5. The van der Waals surface area contributed by atoms with Crippen molar-refractivity contribution >= 4 is 56.6 Å². The molecule has 0 unspecified atom stereocenters. The van der Waals surface area contributed by atoms with Crippen LogP contribution in [0, 0.1) is 0 Å². The Balaban J connectivity index is 1.36. The third-order valence-corrected chi connectivity index (χ3v) is 7.27. The quantitative estimate of drug-likeness (QED) is 0.377. The first-order valence-electron chi connectivity index (χ1n) is 10.2. The van der Waals surface area contributed by atoms with Crippen molar-refractivity contribution in [2.75, 3.05) is 35.4 Å². The minimum atomic E-state index is 0.0694. The number of aryl methyl sites for hydroxylation is 1. The largest absolute Gasteiger partial charge is 0.382 e. The molecule has 2 aromatic carbocycles. The Morgan fingerprint density at radius 1 is 1.09 bits per heavy atom. The smallest absolute Gasteiger partial charge is 0.224 e. The van der Waals surface area contributed by atoms with Gasteiger partial charge in [0.05, 0.1) is 5.69 Å². The monoisotopic (exact) mass is 462 g/mol. The van der Waals surface area contributed by atoms with Gasteiger partial charge in [0.1, 0.15) is 15.7 Å². The maximum atomic E-state index is 11.6. The molecule has 1 amide bonds. The molecule has 9 heteroatoms. The molecule has 0 saturated carbocycles. The van der Waals surface area contributed by atoms with E-state index < -0.39 is 0 Å². The average molecular weight is 463 g/mol. The molecule has 0 atom stereocenters. The van der Waals surface area contributed by atoms with Gasteiger partial charge in [0.25, 0.3) is 0 Å². The maximum absolute atomic E-state index is 11.6. The summed E-state index contributed by atoms with van der Waals surface area (Å²) in [5, 5.41) is 9.86. The minimum absolute atomic E-state index is 0.0694. The Kier molecular flexibility index (Phi) is 5.28. The van der Waals surface area contributed by atoms with Gasteiger partial charge in [-0.1, -0.05) is 17.4 Å². The van der Waals surface area contributed by atoms with Crippen molar-refractivity contribution in [3.8, 4) is 21.1 Å². The number of thiazole rings is 2. The number of carbonyl (C=O) groups is 1. The van der Waals surface area contributed by atoms with Crippen molar-refractivity contribution in [3.05, 3.63) is 53.4 Å². The average Bonchev–Trinajstić information content (AvgIpc) is 3.40. The van der Waals surface area contributed by atoms with E-state index in [1.807, 2.05) is 43.7 Å².